The lowest BCUT2D eigenvalue weighted by Gasteiger charge is -2.36. The zero-order valence-electron chi connectivity index (χ0n) is 12.4. The number of hydrogen-bond donors (Lipinski definition) is 1. The monoisotopic (exact) mass is 311 g/mol. The fourth-order valence-corrected chi connectivity index (χ4v) is 3.06. The van der Waals surface area contributed by atoms with E-state index >= 15 is 0 Å². The summed E-state index contributed by atoms with van der Waals surface area (Å²) in [5, 5.41) is 13.3. The second-order valence-electron chi connectivity index (χ2n) is 5.95. The van der Waals surface area contributed by atoms with Gasteiger partial charge in [-0.2, -0.15) is 5.10 Å². The number of aliphatic hydroxyl groups excluding tert-OH is 1. The Morgan fingerprint density at radius 3 is 2.91 bits per heavy atom. The summed E-state index contributed by atoms with van der Waals surface area (Å²) in [4.78, 5) is 10.8. The minimum absolute atomic E-state index is 0.139. The molecule has 1 fully saturated rings. The highest BCUT2D eigenvalue weighted by Gasteiger charge is 2.25. The van der Waals surface area contributed by atoms with Crippen LogP contribution in [0.25, 0.3) is 11.2 Å². The molecule has 2 atom stereocenters. The zero-order valence-corrected chi connectivity index (χ0v) is 12.4. The molecule has 3 heterocycles. The highest BCUT2D eigenvalue weighted by Crippen LogP contribution is 2.25. The number of halogens is 2. The Kier molecular flexibility index (Phi) is 4.19. The maximum atomic E-state index is 12.6. The van der Waals surface area contributed by atoms with Crippen LogP contribution in [0.3, 0.4) is 0 Å². The molecule has 0 radical (unpaired) electrons. The predicted molar refractivity (Wildman–Crippen MR) is 77.9 cm³/mol. The van der Waals surface area contributed by atoms with E-state index in [-0.39, 0.29) is 12.5 Å². The van der Waals surface area contributed by atoms with Gasteiger partial charge in [-0.05, 0) is 18.3 Å². The Morgan fingerprint density at radius 1 is 1.36 bits per heavy atom. The quantitative estimate of drug-likeness (QED) is 0.928. The summed E-state index contributed by atoms with van der Waals surface area (Å²) in [5.74, 6) is 1.29. The Bertz CT molecular complexity index is 647. The molecular weight excluding hydrogens is 292 g/mol. The van der Waals surface area contributed by atoms with Crippen molar-refractivity contribution in [3.63, 3.8) is 0 Å². The van der Waals surface area contributed by atoms with E-state index in [0.29, 0.717) is 29.4 Å². The molecule has 0 spiro atoms. The SMILES string of the molecule is C[C@H]1C[C@H](CO)CN(c2cnc3cnn(CC(F)F)c3n2)C1. The van der Waals surface area contributed by atoms with Crippen LogP contribution in [0.2, 0.25) is 0 Å². The first-order valence-corrected chi connectivity index (χ1v) is 7.39. The van der Waals surface area contributed by atoms with Gasteiger partial charge in [0.15, 0.2) is 5.65 Å². The summed E-state index contributed by atoms with van der Waals surface area (Å²) in [6.07, 6.45) is 1.58. The number of aromatic nitrogens is 4. The van der Waals surface area contributed by atoms with Gasteiger partial charge < -0.3 is 10.0 Å². The van der Waals surface area contributed by atoms with Crippen molar-refractivity contribution in [1.82, 2.24) is 19.7 Å². The van der Waals surface area contributed by atoms with Gasteiger partial charge in [-0.15, -0.1) is 0 Å². The molecule has 8 heteroatoms. The average molecular weight is 311 g/mol. The lowest BCUT2D eigenvalue weighted by atomic mass is 9.91. The molecular formula is C14H19F2N5O. The van der Waals surface area contributed by atoms with E-state index in [0.717, 1.165) is 13.0 Å². The first-order valence-electron chi connectivity index (χ1n) is 7.39. The topological polar surface area (TPSA) is 67.1 Å². The minimum Gasteiger partial charge on any atom is -0.396 e. The summed E-state index contributed by atoms with van der Waals surface area (Å²) in [6.45, 7) is 3.29. The second-order valence-corrected chi connectivity index (χ2v) is 5.95. The third-order valence-corrected chi connectivity index (χ3v) is 3.97. The number of fused-ring (bicyclic) bond motifs is 1. The Hall–Kier alpha value is -1.83. The van der Waals surface area contributed by atoms with E-state index in [9.17, 15) is 13.9 Å². The van der Waals surface area contributed by atoms with Crippen molar-refractivity contribution in [2.45, 2.75) is 26.3 Å². The van der Waals surface area contributed by atoms with Gasteiger partial charge in [-0.1, -0.05) is 6.92 Å². The fourth-order valence-electron chi connectivity index (χ4n) is 3.06. The van der Waals surface area contributed by atoms with E-state index in [1.54, 1.807) is 6.20 Å². The van der Waals surface area contributed by atoms with Gasteiger partial charge in [0.05, 0.1) is 12.4 Å². The minimum atomic E-state index is -2.48. The molecule has 0 aromatic carbocycles. The Labute approximate surface area is 126 Å². The third kappa shape index (κ3) is 3.01. The van der Waals surface area contributed by atoms with E-state index in [4.69, 9.17) is 0 Å². The molecule has 0 saturated carbocycles. The molecule has 3 rings (SSSR count). The standard InChI is InChI=1S/C14H19F2N5O/c1-9-2-10(8-22)6-20(5-9)13-4-17-11-3-18-21(7-12(15)16)14(11)19-13/h3-4,9-10,12,22H,2,5-8H2,1H3/t9-,10-/m0/s1. The van der Waals surface area contributed by atoms with Crippen molar-refractivity contribution in [2.75, 3.05) is 24.6 Å². The fraction of sp³-hybridized carbons (Fsp3) is 0.643. The molecule has 0 amide bonds. The van der Waals surface area contributed by atoms with Gasteiger partial charge in [0.25, 0.3) is 6.43 Å². The maximum absolute atomic E-state index is 12.6. The first-order chi connectivity index (χ1) is 10.6. The van der Waals surface area contributed by atoms with Crippen LogP contribution in [-0.2, 0) is 6.54 Å². The van der Waals surface area contributed by atoms with Gasteiger partial charge in [0.2, 0.25) is 0 Å². The second kappa shape index (κ2) is 6.12. The number of alkyl halides is 2. The molecule has 22 heavy (non-hydrogen) atoms. The zero-order chi connectivity index (χ0) is 15.7. The van der Waals surface area contributed by atoms with Crippen molar-refractivity contribution < 1.29 is 13.9 Å². The van der Waals surface area contributed by atoms with Crippen LogP contribution >= 0.6 is 0 Å². The number of aliphatic hydroxyl groups is 1. The molecule has 0 unspecified atom stereocenters. The van der Waals surface area contributed by atoms with Gasteiger partial charge in [0.1, 0.15) is 17.9 Å². The summed E-state index contributed by atoms with van der Waals surface area (Å²) >= 11 is 0. The molecule has 2 aromatic heterocycles. The van der Waals surface area contributed by atoms with Gasteiger partial charge >= 0.3 is 0 Å². The number of rotatable bonds is 4. The highest BCUT2D eigenvalue weighted by atomic mass is 19.3. The molecule has 0 bridgehead atoms. The number of nitrogens with zero attached hydrogens (tertiary/aromatic N) is 5. The van der Waals surface area contributed by atoms with Gasteiger partial charge in [0, 0.05) is 19.7 Å². The summed E-state index contributed by atoms with van der Waals surface area (Å²) < 4.78 is 26.4. The van der Waals surface area contributed by atoms with Crippen molar-refractivity contribution in [3.8, 4) is 0 Å². The van der Waals surface area contributed by atoms with Crippen molar-refractivity contribution >= 4 is 17.0 Å². The van der Waals surface area contributed by atoms with Crippen LogP contribution in [0.15, 0.2) is 12.4 Å². The van der Waals surface area contributed by atoms with Gasteiger partial charge in [-0.3, -0.25) is 0 Å². The van der Waals surface area contributed by atoms with Crippen LogP contribution in [0.4, 0.5) is 14.6 Å². The summed E-state index contributed by atoms with van der Waals surface area (Å²) in [5.41, 5.74) is 0.879. The van der Waals surface area contributed by atoms with E-state index in [2.05, 4.69) is 26.9 Å². The van der Waals surface area contributed by atoms with Crippen molar-refractivity contribution in [2.24, 2.45) is 11.8 Å². The normalized spacial score (nSPS) is 22.7. The molecule has 1 N–H and O–H groups in total. The smallest absolute Gasteiger partial charge is 0.258 e. The first kappa shape index (κ1) is 15.1. The molecule has 1 aliphatic rings. The Morgan fingerprint density at radius 2 is 2.18 bits per heavy atom. The van der Waals surface area contributed by atoms with Crippen LogP contribution in [-0.4, -0.2) is 51.0 Å². The number of piperidine rings is 1. The largest absolute Gasteiger partial charge is 0.396 e. The van der Waals surface area contributed by atoms with Crippen molar-refractivity contribution in [3.05, 3.63) is 12.4 Å². The van der Waals surface area contributed by atoms with Crippen LogP contribution < -0.4 is 4.90 Å². The highest BCUT2D eigenvalue weighted by molar-refractivity contribution is 5.71. The van der Waals surface area contributed by atoms with E-state index in [1.165, 1.54) is 10.9 Å². The molecule has 1 aliphatic heterocycles. The van der Waals surface area contributed by atoms with Crippen LogP contribution in [0.5, 0.6) is 0 Å². The third-order valence-electron chi connectivity index (χ3n) is 3.97. The van der Waals surface area contributed by atoms with Crippen molar-refractivity contribution in [1.29, 1.82) is 0 Å². The van der Waals surface area contributed by atoms with Crippen LogP contribution in [0, 0.1) is 11.8 Å². The molecule has 1 saturated heterocycles. The summed E-state index contributed by atoms with van der Waals surface area (Å²) in [6, 6.07) is 0. The number of anilines is 1. The lowest BCUT2D eigenvalue weighted by Crippen LogP contribution is -2.41. The molecule has 6 nitrogen and oxygen atoms in total. The molecule has 0 aliphatic carbocycles. The molecule has 120 valence electrons. The van der Waals surface area contributed by atoms with E-state index in [1.807, 2.05) is 0 Å². The van der Waals surface area contributed by atoms with E-state index < -0.39 is 13.0 Å². The maximum Gasteiger partial charge on any atom is 0.258 e. The predicted octanol–water partition coefficient (Wildman–Crippen LogP) is 1.55. The average Bonchev–Trinajstić information content (AvgIpc) is 2.88. The summed E-state index contributed by atoms with van der Waals surface area (Å²) in [7, 11) is 0. The lowest BCUT2D eigenvalue weighted by molar-refractivity contribution is 0.123. The van der Waals surface area contributed by atoms with Gasteiger partial charge in [-0.25, -0.2) is 23.4 Å². The molecule has 2 aromatic rings. The Balaban J connectivity index is 1.90. The van der Waals surface area contributed by atoms with Crippen LogP contribution in [0.1, 0.15) is 13.3 Å². The number of hydrogen-bond acceptors (Lipinski definition) is 5.